The van der Waals surface area contributed by atoms with Crippen molar-refractivity contribution in [1.29, 1.82) is 0 Å². The van der Waals surface area contributed by atoms with Gasteiger partial charge in [-0.1, -0.05) is 0 Å². The number of methoxy groups -OCH3 is 1. The van der Waals surface area contributed by atoms with Gasteiger partial charge < -0.3 is 9.47 Å². The molecule has 1 aromatic rings. The van der Waals surface area contributed by atoms with Gasteiger partial charge in [0.15, 0.2) is 5.69 Å². The maximum Gasteiger partial charge on any atom is 0.433 e. The molecule has 16 heavy (non-hydrogen) atoms. The lowest BCUT2D eigenvalue weighted by Crippen LogP contribution is -2.13. The van der Waals surface area contributed by atoms with Crippen LogP contribution in [-0.2, 0) is 6.18 Å². The lowest BCUT2D eigenvalue weighted by Gasteiger charge is -2.09. The number of rotatable bonds is 3. The van der Waals surface area contributed by atoms with Gasteiger partial charge in [-0.15, -0.1) is 0 Å². The minimum atomic E-state index is -4.80. The van der Waals surface area contributed by atoms with Crippen LogP contribution in [0.5, 0.6) is 11.9 Å². The Hall–Kier alpha value is -1.67. The number of hydrogen-bond acceptors (Lipinski definition) is 4. The Morgan fingerprint density at radius 3 is 2.31 bits per heavy atom. The van der Waals surface area contributed by atoms with E-state index in [1.807, 2.05) is 0 Å². The van der Waals surface area contributed by atoms with Gasteiger partial charge in [-0.2, -0.15) is 31.9 Å². The minimum Gasteiger partial charge on any atom is -0.481 e. The van der Waals surface area contributed by atoms with Gasteiger partial charge in [0.05, 0.1) is 7.11 Å². The summed E-state index contributed by atoms with van der Waals surface area (Å²) >= 11 is 0. The highest BCUT2D eigenvalue weighted by Crippen LogP contribution is 2.30. The van der Waals surface area contributed by atoms with Crippen LogP contribution in [0.2, 0.25) is 0 Å². The molecule has 1 aromatic heterocycles. The summed E-state index contributed by atoms with van der Waals surface area (Å²) in [5.41, 5.74) is -1.42. The van der Waals surface area contributed by atoms with Crippen molar-refractivity contribution < 1.29 is 31.4 Å². The van der Waals surface area contributed by atoms with E-state index in [4.69, 9.17) is 0 Å². The summed E-state index contributed by atoms with van der Waals surface area (Å²) in [5, 5.41) is 0. The molecule has 0 aliphatic rings. The minimum absolute atomic E-state index is 0.471. The van der Waals surface area contributed by atoms with Gasteiger partial charge in [0.1, 0.15) is 0 Å². The Balaban J connectivity index is 3.11. The second-order valence-corrected chi connectivity index (χ2v) is 2.45. The highest BCUT2D eigenvalue weighted by molar-refractivity contribution is 5.20. The highest BCUT2D eigenvalue weighted by Gasteiger charge is 2.34. The molecular weight excluding hydrogens is 239 g/mol. The third-order valence-electron chi connectivity index (χ3n) is 1.38. The summed E-state index contributed by atoms with van der Waals surface area (Å²) in [5.74, 6) is -0.516. The van der Waals surface area contributed by atoms with Crippen LogP contribution < -0.4 is 9.47 Å². The second kappa shape index (κ2) is 4.45. The number of aromatic nitrogens is 2. The van der Waals surface area contributed by atoms with Gasteiger partial charge in [-0.05, 0) is 0 Å². The summed E-state index contributed by atoms with van der Waals surface area (Å²) in [6.45, 7) is -3.31. The number of ether oxygens (including phenoxy) is 2. The SMILES string of the molecule is COc1cc(C(F)(F)F)nc(OC(F)F)n1. The fraction of sp³-hybridized carbons (Fsp3) is 0.429. The molecule has 1 rings (SSSR count). The maximum atomic E-state index is 12.2. The molecule has 0 bridgehead atoms. The fourth-order valence-electron chi connectivity index (χ4n) is 0.786. The van der Waals surface area contributed by atoms with Crippen LogP contribution in [0.25, 0.3) is 0 Å². The molecule has 0 aliphatic carbocycles. The van der Waals surface area contributed by atoms with Gasteiger partial charge in [-0.3, -0.25) is 0 Å². The number of hydrogen-bond donors (Lipinski definition) is 0. The number of alkyl halides is 5. The average molecular weight is 244 g/mol. The van der Waals surface area contributed by atoms with E-state index >= 15 is 0 Å². The first-order valence-electron chi connectivity index (χ1n) is 3.78. The standard InChI is InChI=1S/C7H5F5N2O2/c1-15-4-2-3(7(10,11)12)13-6(14-4)16-5(8)9/h2,5H,1H3. The normalized spacial score (nSPS) is 11.7. The van der Waals surface area contributed by atoms with E-state index in [9.17, 15) is 22.0 Å². The Morgan fingerprint density at radius 1 is 1.25 bits per heavy atom. The van der Waals surface area contributed by atoms with Crippen molar-refractivity contribution in [2.24, 2.45) is 0 Å². The zero-order valence-corrected chi connectivity index (χ0v) is 7.76. The fourth-order valence-corrected chi connectivity index (χ4v) is 0.786. The molecule has 90 valence electrons. The molecule has 0 unspecified atom stereocenters. The van der Waals surface area contributed by atoms with E-state index in [1.165, 1.54) is 0 Å². The maximum absolute atomic E-state index is 12.2. The number of nitrogens with zero attached hydrogens (tertiary/aromatic N) is 2. The van der Waals surface area contributed by atoms with Gasteiger partial charge in [-0.25, -0.2) is 0 Å². The molecule has 4 nitrogen and oxygen atoms in total. The van der Waals surface area contributed by atoms with E-state index < -0.39 is 30.4 Å². The Kier molecular flexibility index (Phi) is 3.45. The molecule has 0 amide bonds. The van der Waals surface area contributed by atoms with Gasteiger partial charge in [0.25, 0.3) is 0 Å². The van der Waals surface area contributed by atoms with Crippen LogP contribution in [0.15, 0.2) is 6.07 Å². The molecular formula is C7H5F5N2O2. The van der Waals surface area contributed by atoms with Crippen molar-refractivity contribution in [2.45, 2.75) is 12.8 Å². The van der Waals surface area contributed by atoms with Crippen molar-refractivity contribution in [3.63, 3.8) is 0 Å². The van der Waals surface area contributed by atoms with Crippen molar-refractivity contribution in [1.82, 2.24) is 9.97 Å². The van der Waals surface area contributed by atoms with E-state index in [1.54, 1.807) is 0 Å². The molecule has 0 spiro atoms. The largest absolute Gasteiger partial charge is 0.481 e. The summed E-state index contributed by atoms with van der Waals surface area (Å²) in [7, 11) is 1.04. The van der Waals surface area contributed by atoms with Crippen molar-refractivity contribution >= 4 is 0 Å². The summed E-state index contributed by atoms with van der Waals surface area (Å²) in [6.07, 6.45) is -4.80. The third kappa shape index (κ3) is 3.17. The predicted octanol–water partition coefficient (Wildman–Crippen LogP) is 2.11. The topological polar surface area (TPSA) is 44.2 Å². The van der Waals surface area contributed by atoms with Crippen LogP contribution in [0.4, 0.5) is 22.0 Å². The Bertz CT molecular complexity index is 368. The molecule has 0 aromatic carbocycles. The zero-order chi connectivity index (χ0) is 12.3. The molecule has 0 aliphatic heterocycles. The van der Waals surface area contributed by atoms with Crippen LogP contribution in [0.3, 0.4) is 0 Å². The average Bonchev–Trinajstić information content (AvgIpc) is 2.14. The molecule has 9 heteroatoms. The predicted molar refractivity (Wildman–Crippen MR) is 40.2 cm³/mol. The van der Waals surface area contributed by atoms with Gasteiger partial charge in [0.2, 0.25) is 5.88 Å². The van der Waals surface area contributed by atoms with Crippen molar-refractivity contribution in [3.8, 4) is 11.9 Å². The molecule has 0 saturated heterocycles. The monoisotopic (exact) mass is 244 g/mol. The molecule has 1 heterocycles. The van der Waals surface area contributed by atoms with Gasteiger partial charge in [0, 0.05) is 6.07 Å². The van der Waals surface area contributed by atoms with Crippen LogP contribution >= 0.6 is 0 Å². The Labute approximate surface area is 86.0 Å². The third-order valence-corrected chi connectivity index (χ3v) is 1.38. The van der Waals surface area contributed by atoms with Crippen LogP contribution in [-0.4, -0.2) is 23.7 Å². The quantitative estimate of drug-likeness (QED) is 0.764. The molecule has 0 N–H and O–H groups in total. The first-order valence-corrected chi connectivity index (χ1v) is 3.78. The summed E-state index contributed by atoms with van der Waals surface area (Å²) in [4.78, 5) is 5.94. The van der Waals surface area contributed by atoms with E-state index in [2.05, 4.69) is 19.4 Å². The summed E-state index contributed by atoms with van der Waals surface area (Å²) in [6, 6.07) is -0.625. The second-order valence-electron chi connectivity index (χ2n) is 2.45. The molecule has 0 radical (unpaired) electrons. The first-order chi connectivity index (χ1) is 7.32. The Morgan fingerprint density at radius 2 is 1.88 bits per heavy atom. The molecule has 0 atom stereocenters. The molecule has 0 fully saturated rings. The van der Waals surface area contributed by atoms with Crippen LogP contribution in [0.1, 0.15) is 5.69 Å². The highest BCUT2D eigenvalue weighted by atomic mass is 19.4. The van der Waals surface area contributed by atoms with Crippen molar-refractivity contribution in [2.75, 3.05) is 7.11 Å². The smallest absolute Gasteiger partial charge is 0.433 e. The lowest BCUT2D eigenvalue weighted by atomic mass is 10.4. The first kappa shape index (κ1) is 12.4. The number of halogens is 5. The van der Waals surface area contributed by atoms with Crippen molar-refractivity contribution in [3.05, 3.63) is 11.8 Å². The lowest BCUT2D eigenvalue weighted by molar-refractivity contribution is -0.142. The zero-order valence-electron chi connectivity index (χ0n) is 7.76. The van der Waals surface area contributed by atoms with Crippen LogP contribution in [0, 0.1) is 0 Å². The van der Waals surface area contributed by atoms with E-state index in [0.717, 1.165) is 7.11 Å². The van der Waals surface area contributed by atoms with E-state index in [-0.39, 0.29) is 0 Å². The summed E-state index contributed by atoms with van der Waals surface area (Å²) < 4.78 is 68.3. The van der Waals surface area contributed by atoms with E-state index in [0.29, 0.717) is 6.07 Å². The molecule has 0 saturated carbocycles. The van der Waals surface area contributed by atoms with Gasteiger partial charge >= 0.3 is 18.8 Å².